The third kappa shape index (κ3) is 3.26. The Labute approximate surface area is 126 Å². The highest BCUT2D eigenvalue weighted by molar-refractivity contribution is 6.32. The van der Waals surface area contributed by atoms with Crippen LogP contribution in [-0.4, -0.2) is 22.2 Å². The van der Waals surface area contributed by atoms with E-state index in [4.69, 9.17) is 34.8 Å². The van der Waals surface area contributed by atoms with E-state index in [1.54, 1.807) is 0 Å². The van der Waals surface area contributed by atoms with Gasteiger partial charge in [0.2, 0.25) is 5.28 Å². The highest BCUT2D eigenvalue weighted by atomic mass is 35.5. The third-order valence-electron chi connectivity index (χ3n) is 2.87. The smallest absolute Gasteiger partial charge is 0.245 e. The van der Waals surface area contributed by atoms with Gasteiger partial charge in [0.25, 0.3) is 0 Å². The fourth-order valence-electron chi connectivity index (χ4n) is 1.66. The van der Waals surface area contributed by atoms with Crippen molar-refractivity contribution in [1.29, 1.82) is 0 Å². The van der Waals surface area contributed by atoms with Crippen molar-refractivity contribution in [3.63, 3.8) is 0 Å². The number of anilines is 1. The summed E-state index contributed by atoms with van der Waals surface area (Å²) in [6, 6.07) is 7.63. The summed E-state index contributed by atoms with van der Waals surface area (Å²) in [5.74, 6) is 0.490. The van der Waals surface area contributed by atoms with Crippen molar-refractivity contribution in [3.05, 3.63) is 45.3 Å². The summed E-state index contributed by atoms with van der Waals surface area (Å²) >= 11 is 17.6. The summed E-state index contributed by atoms with van der Waals surface area (Å²) in [5.41, 5.74) is 1.08. The second-order valence-corrected chi connectivity index (χ2v) is 5.17. The van der Waals surface area contributed by atoms with Gasteiger partial charge in [-0.3, -0.25) is 0 Å². The largest absolute Gasteiger partial charge is 0.350 e. The number of benzene rings is 1. The highest BCUT2D eigenvalue weighted by Gasteiger charge is 2.18. The van der Waals surface area contributed by atoms with Crippen molar-refractivity contribution >= 4 is 40.6 Å². The molecule has 0 aliphatic heterocycles. The zero-order chi connectivity index (χ0) is 14.0. The van der Waals surface area contributed by atoms with Gasteiger partial charge in [-0.25, -0.2) is 0 Å². The minimum absolute atomic E-state index is 0.0440. The number of aromatic nitrogens is 3. The summed E-state index contributed by atoms with van der Waals surface area (Å²) in [4.78, 5) is 5.98. The molecule has 0 spiro atoms. The Morgan fingerprint density at radius 3 is 2.32 bits per heavy atom. The molecule has 2 aromatic rings. The van der Waals surface area contributed by atoms with E-state index in [2.05, 4.69) is 15.2 Å². The predicted octanol–water partition coefficient (Wildman–Crippen LogP) is 4.03. The van der Waals surface area contributed by atoms with Crippen LogP contribution in [0.1, 0.15) is 18.5 Å². The Morgan fingerprint density at radius 2 is 1.68 bits per heavy atom. The van der Waals surface area contributed by atoms with Gasteiger partial charge in [-0.05, 0) is 36.2 Å². The molecule has 0 radical (unpaired) electrons. The van der Waals surface area contributed by atoms with Crippen LogP contribution in [0.15, 0.2) is 24.3 Å². The molecule has 0 saturated carbocycles. The molecular formula is C12H11Cl3N4. The van der Waals surface area contributed by atoms with Crippen molar-refractivity contribution < 1.29 is 0 Å². The Kier molecular flexibility index (Phi) is 4.45. The van der Waals surface area contributed by atoms with Crippen molar-refractivity contribution in [2.24, 2.45) is 0 Å². The van der Waals surface area contributed by atoms with Crippen LogP contribution in [0, 0.1) is 0 Å². The first-order chi connectivity index (χ1) is 8.99. The lowest BCUT2D eigenvalue weighted by atomic mass is 10.1. The predicted molar refractivity (Wildman–Crippen MR) is 78.1 cm³/mol. The number of halogens is 3. The standard InChI is InChI=1S/C12H11Cl3N4/c1-7(8-3-5-9(13)6-4-8)19(2)11-10(14)17-18-12(15)16-11/h3-7H,1-2H3. The third-order valence-corrected chi connectivity index (χ3v) is 3.53. The Bertz CT molecular complexity index is 574. The van der Waals surface area contributed by atoms with E-state index in [0.717, 1.165) is 5.56 Å². The van der Waals surface area contributed by atoms with Gasteiger partial charge in [-0.1, -0.05) is 35.3 Å². The lowest BCUT2D eigenvalue weighted by Crippen LogP contribution is -2.23. The van der Waals surface area contributed by atoms with Gasteiger partial charge in [-0.15, -0.1) is 10.2 Å². The number of hydrogen-bond acceptors (Lipinski definition) is 4. The maximum atomic E-state index is 5.99. The molecule has 2 rings (SSSR count). The summed E-state index contributed by atoms with van der Waals surface area (Å²) in [6.07, 6.45) is 0. The summed E-state index contributed by atoms with van der Waals surface area (Å²) < 4.78 is 0. The van der Waals surface area contributed by atoms with Gasteiger partial charge >= 0.3 is 0 Å². The van der Waals surface area contributed by atoms with Crippen LogP contribution in [0.3, 0.4) is 0 Å². The van der Waals surface area contributed by atoms with Crippen LogP contribution < -0.4 is 4.90 Å². The molecule has 1 atom stereocenters. The molecule has 0 bridgehead atoms. The summed E-state index contributed by atoms with van der Waals surface area (Å²) in [7, 11) is 1.87. The van der Waals surface area contributed by atoms with Gasteiger partial charge in [0.05, 0.1) is 6.04 Å². The average Bonchev–Trinajstić information content (AvgIpc) is 2.41. The molecule has 0 aliphatic rings. The lowest BCUT2D eigenvalue weighted by Gasteiger charge is -2.26. The van der Waals surface area contributed by atoms with Crippen molar-refractivity contribution in [2.45, 2.75) is 13.0 Å². The Balaban J connectivity index is 2.30. The zero-order valence-corrected chi connectivity index (χ0v) is 12.6. The van der Waals surface area contributed by atoms with E-state index in [-0.39, 0.29) is 16.5 Å². The van der Waals surface area contributed by atoms with Crippen molar-refractivity contribution in [1.82, 2.24) is 15.2 Å². The molecule has 0 aliphatic carbocycles. The maximum absolute atomic E-state index is 5.99. The van der Waals surface area contributed by atoms with Crippen LogP contribution in [0.4, 0.5) is 5.82 Å². The Morgan fingerprint density at radius 1 is 1.05 bits per heavy atom. The fraction of sp³-hybridized carbons (Fsp3) is 0.250. The maximum Gasteiger partial charge on any atom is 0.245 e. The first kappa shape index (κ1) is 14.3. The first-order valence-corrected chi connectivity index (χ1v) is 6.66. The SMILES string of the molecule is CC(c1ccc(Cl)cc1)N(C)c1nc(Cl)nnc1Cl. The van der Waals surface area contributed by atoms with E-state index < -0.39 is 0 Å². The molecule has 1 aromatic heterocycles. The van der Waals surface area contributed by atoms with Crippen LogP contribution in [-0.2, 0) is 0 Å². The molecular weight excluding hydrogens is 307 g/mol. The van der Waals surface area contributed by atoms with E-state index >= 15 is 0 Å². The molecule has 0 fully saturated rings. The van der Waals surface area contributed by atoms with Crippen molar-refractivity contribution in [3.8, 4) is 0 Å². The van der Waals surface area contributed by atoms with E-state index in [0.29, 0.717) is 10.8 Å². The number of hydrogen-bond donors (Lipinski definition) is 0. The van der Waals surface area contributed by atoms with Gasteiger partial charge in [0, 0.05) is 12.1 Å². The quantitative estimate of drug-likeness (QED) is 0.857. The molecule has 4 nitrogen and oxygen atoms in total. The minimum atomic E-state index is 0.0440. The molecule has 7 heteroatoms. The fourth-order valence-corrected chi connectivity index (χ4v) is 2.12. The Hall–Kier alpha value is -1.10. The van der Waals surface area contributed by atoms with Crippen LogP contribution in [0.5, 0.6) is 0 Å². The molecule has 1 aromatic carbocycles. The highest BCUT2D eigenvalue weighted by Crippen LogP contribution is 2.28. The molecule has 100 valence electrons. The van der Waals surface area contributed by atoms with Gasteiger partial charge in [0.1, 0.15) is 0 Å². The molecule has 19 heavy (non-hydrogen) atoms. The van der Waals surface area contributed by atoms with Crippen LogP contribution in [0.25, 0.3) is 0 Å². The van der Waals surface area contributed by atoms with E-state index in [1.807, 2.05) is 43.1 Å². The van der Waals surface area contributed by atoms with Crippen molar-refractivity contribution in [2.75, 3.05) is 11.9 Å². The molecule has 1 unspecified atom stereocenters. The van der Waals surface area contributed by atoms with Gasteiger partial charge < -0.3 is 4.90 Å². The number of nitrogens with zero attached hydrogens (tertiary/aromatic N) is 4. The zero-order valence-electron chi connectivity index (χ0n) is 10.3. The van der Waals surface area contributed by atoms with Crippen LogP contribution in [0.2, 0.25) is 15.5 Å². The first-order valence-electron chi connectivity index (χ1n) is 5.53. The molecule has 0 N–H and O–H groups in total. The van der Waals surface area contributed by atoms with Crippen LogP contribution >= 0.6 is 34.8 Å². The summed E-state index contributed by atoms with van der Waals surface area (Å²) in [5, 5.41) is 8.32. The van der Waals surface area contributed by atoms with Gasteiger partial charge in [0.15, 0.2) is 11.0 Å². The molecule has 0 saturated heterocycles. The number of rotatable bonds is 3. The molecule has 1 heterocycles. The monoisotopic (exact) mass is 316 g/mol. The van der Waals surface area contributed by atoms with E-state index in [1.165, 1.54) is 0 Å². The second kappa shape index (κ2) is 5.90. The molecule has 0 amide bonds. The van der Waals surface area contributed by atoms with E-state index in [9.17, 15) is 0 Å². The normalized spacial score (nSPS) is 12.3. The average molecular weight is 318 g/mol. The van der Waals surface area contributed by atoms with Gasteiger partial charge in [-0.2, -0.15) is 4.98 Å². The topological polar surface area (TPSA) is 41.9 Å². The summed E-state index contributed by atoms with van der Waals surface area (Å²) in [6.45, 7) is 2.02. The minimum Gasteiger partial charge on any atom is -0.350 e. The lowest BCUT2D eigenvalue weighted by molar-refractivity contribution is 0.721. The second-order valence-electron chi connectivity index (χ2n) is 4.03.